The maximum atomic E-state index is 12.0. The van der Waals surface area contributed by atoms with Gasteiger partial charge in [0.15, 0.2) is 0 Å². The van der Waals surface area contributed by atoms with Crippen molar-refractivity contribution in [1.29, 1.82) is 0 Å². The van der Waals surface area contributed by atoms with Gasteiger partial charge in [0.2, 0.25) is 5.91 Å². The van der Waals surface area contributed by atoms with Gasteiger partial charge in [0.05, 0.1) is 6.42 Å². The third-order valence-corrected chi connectivity index (χ3v) is 3.12. The fourth-order valence-corrected chi connectivity index (χ4v) is 1.64. The van der Waals surface area contributed by atoms with Gasteiger partial charge >= 0.3 is 12.3 Å². The summed E-state index contributed by atoms with van der Waals surface area (Å²) in [7, 11) is 0. The molecule has 0 heterocycles. The molecule has 1 unspecified atom stereocenters. The highest BCUT2D eigenvalue weighted by atomic mass is 19.4. The number of aliphatic carboxylic acids is 1. The van der Waals surface area contributed by atoms with E-state index in [1.165, 1.54) is 19.1 Å². The maximum absolute atomic E-state index is 12.0. The minimum absolute atomic E-state index is 0.144. The lowest BCUT2D eigenvalue weighted by Crippen LogP contribution is -2.52. The third-order valence-electron chi connectivity index (χ3n) is 3.12. The van der Waals surface area contributed by atoms with Crippen LogP contribution in [0.25, 0.3) is 0 Å². The molecular weight excluding hydrogens is 303 g/mol. The van der Waals surface area contributed by atoms with Gasteiger partial charge in [-0.1, -0.05) is 19.1 Å². The number of carbonyl (C=O) groups excluding carboxylic acids is 1. The fraction of sp³-hybridized carbons (Fsp3) is 0.429. The minimum atomic E-state index is -4.77. The number of amides is 1. The number of hydrogen-bond donors (Lipinski definition) is 2. The van der Waals surface area contributed by atoms with Crippen molar-refractivity contribution in [3.63, 3.8) is 0 Å². The zero-order valence-electron chi connectivity index (χ0n) is 12.0. The molecule has 0 saturated carbocycles. The Bertz CT molecular complexity index is 542. The summed E-state index contributed by atoms with van der Waals surface area (Å²) in [6, 6.07) is 4.80. The van der Waals surface area contributed by atoms with Crippen LogP contribution in [0.2, 0.25) is 0 Å². The number of carbonyl (C=O) groups is 2. The van der Waals surface area contributed by atoms with Gasteiger partial charge in [-0.3, -0.25) is 4.79 Å². The van der Waals surface area contributed by atoms with E-state index in [0.29, 0.717) is 5.56 Å². The topological polar surface area (TPSA) is 75.6 Å². The largest absolute Gasteiger partial charge is 0.573 e. The number of halogens is 3. The Kier molecular flexibility index (Phi) is 5.40. The second-order valence-electron chi connectivity index (χ2n) is 4.91. The van der Waals surface area contributed by atoms with Gasteiger partial charge in [-0.05, 0) is 31.0 Å². The SMILES string of the molecule is CCC(C)(NC(=O)Cc1ccc(OC(F)(F)F)cc1)C(=O)O. The Morgan fingerprint density at radius 1 is 1.23 bits per heavy atom. The van der Waals surface area contributed by atoms with Crippen LogP contribution in [-0.2, 0) is 16.0 Å². The lowest BCUT2D eigenvalue weighted by molar-refractivity contribution is -0.274. The van der Waals surface area contributed by atoms with E-state index in [4.69, 9.17) is 5.11 Å². The molecule has 0 aliphatic carbocycles. The molecule has 0 aromatic heterocycles. The van der Waals surface area contributed by atoms with E-state index in [9.17, 15) is 22.8 Å². The standard InChI is InChI=1S/C14H16F3NO4/c1-3-13(2,12(20)21)18-11(19)8-9-4-6-10(7-5-9)22-14(15,16)17/h4-7H,3,8H2,1-2H3,(H,18,19)(H,20,21). The summed E-state index contributed by atoms with van der Waals surface area (Å²) in [5, 5.41) is 11.4. The second-order valence-corrected chi connectivity index (χ2v) is 4.91. The van der Waals surface area contributed by atoms with Crippen LogP contribution in [0.5, 0.6) is 5.75 Å². The van der Waals surface area contributed by atoms with Gasteiger partial charge in [0, 0.05) is 0 Å². The van der Waals surface area contributed by atoms with Gasteiger partial charge in [-0.25, -0.2) is 4.79 Å². The van der Waals surface area contributed by atoms with Crippen LogP contribution in [0.3, 0.4) is 0 Å². The lowest BCUT2D eigenvalue weighted by Gasteiger charge is -2.24. The first-order valence-corrected chi connectivity index (χ1v) is 6.45. The summed E-state index contributed by atoms with van der Waals surface area (Å²) in [6.07, 6.45) is -4.72. The van der Waals surface area contributed by atoms with Crippen molar-refractivity contribution in [3.8, 4) is 5.75 Å². The molecule has 1 aromatic carbocycles. The summed E-state index contributed by atoms with van der Waals surface area (Å²) in [6.45, 7) is 3.01. The Morgan fingerprint density at radius 2 is 1.77 bits per heavy atom. The first-order valence-electron chi connectivity index (χ1n) is 6.45. The molecule has 2 N–H and O–H groups in total. The highest BCUT2D eigenvalue weighted by molar-refractivity contribution is 5.87. The van der Waals surface area contributed by atoms with Crippen molar-refractivity contribution < 1.29 is 32.6 Å². The van der Waals surface area contributed by atoms with Gasteiger partial charge in [0.25, 0.3) is 0 Å². The fourth-order valence-electron chi connectivity index (χ4n) is 1.64. The molecule has 0 saturated heterocycles. The second kappa shape index (κ2) is 6.67. The molecule has 5 nitrogen and oxygen atoms in total. The zero-order valence-corrected chi connectivity index (χ0v) is 12.0. The molecule has 0 fully saturated rings. The Labute approximate surface area is 125 Å². The van der Waals surface area contributed by atoms with Crippen LogP contribution in [0, 0.1) is 0 Å². The smallest absolute Gasteiger partial charge is 0.480 e. The monoisotopic (exact) mass is 319 g/mol. The average molecular weight is 319 g/mol. The molecule has 8 heteroatoms. The summed E-state index contributed by atoms with van der Waals surface area (Å²) >= 11 is 0. The van der Waals surface area contributed by atoms with Gasteiger partial charge in [0.1, 0.15) is 11.3 Å². The molecule has 0 radical (unpaired) electrons. The molecule has 0 aliphatic heterocycles. The number of carboxylic acids is 1. The third kappa shape index (κ3) is 5.27. The molecule has 0 bridgehead atoms. The normalized spacial score (nSPS) is 14.0. The summed E-state index contributed by atoms with van der Waals surface area (Å²) in [5.74, 6) is -2.07. The highest BCUT2D eigenvalue weighted by Crippen LogP contribution is 2.22. The molecule has 0 spiro atoms. The van der Waals surface area contributed by atoms with E-state index >= 15 is 0 Å². The summed E-state index contributed by atoms with van der Waals surface area (Å²) < 4.78 is 39.7. The van der Waals surface area contributed by atoms with Crippen LogP contribution in [0.4, 0.5) is 13.2 Å². The first-order chi connectivity index (χ1) is 10.1. The van der Waals surface area contributed by atoms with Gasteiger partial charge in [-0.15, -0.1) is 13.2 Å². The van der Waals surface area contributed by atoms with Crippen LogP contribution in [0.15, 0.2) is 24.3 Å². The van der Waals surface area contributed by atoms with Crippen LogP contribution in [0.1, 0.15) is 25.8 Å². The number of ether oxygens (including phenoxy) is 1. The van der Waals surface area contributed by atoms with Crippen molar-refractivity contribution >= 4 is 11.9 Å². The number of carboxylic acid groups (broad SMARTS) is 1. The lowest BCUT2D eigenvalue weighted by atomic mass is 9.98. The zero-order chi connectivity index (χ0) is 17.0. The van der Waals surface area contributed by atoms with Crippen molar-refractivity contribution in [2.75, 3.05) is 0 Å². The minimum Gasteiger partial charge on any atom is -0.480 e. The molecule has 1 aromatic rings. The molecule has 1 amide bonds. The number of benzene rings is 1. The molecule has 0 aliphatic rings. The summed E-state index contributed by atoms with van der Waals surface area (Å²) in [4.78, 5) is 22.9. The van der Waals surface area contributed by atoms with Crippen LogP contribution in [-0.4, -0.2) is 28.9 Å². The van der Waals surface area contributed by atoms with E-state index in [1.54, 1.807) is 6.92 Å². The Morgan fingerprint density at radius 3 is 2.18 bits per heavy atom. The maximum Gasteiger partial charge on any atom is 0.573 e. The molecular formula is C14H16F3NO4. The van der Waals surface area contributed by atoms with Crippen molar-refractivity contribution in [2.45, 2.75) is 38.6 Å². The number of alkyl halides is 3. The average Bonchev–Trinajstić information content (AvgIpc) is 2.39. The van der Waals surface area contributed by atoms with E-state index in [-0.39, 0.29) is 18.6 Å². The quantitative estimate of drug-likeness (QED) is 0.845. The van der Waals surface area contributed by atoms with Crippen molar-refractivity contribution in [1.82, 2.24) is 5.32 Å². The molecule has 122 valence electrons. The first kappa shape index (κ1) is 17.8. The Hall–Kier alpha value is -2.25. The Balaban J connectivity index is 2.67. The molecule has 1 rings (SSSR count). The van der Waals surface area contributed by atoms with Crippen LogP contribution < -0.4 is 10.1 Å². The highest BCUT2D eigenvalue weighted by Gasteiger charge is 2.33. The predicted molar refractivity (Wildman–Crippen MR) is 71.3 cm³/mol. The molecule has 22 heavy (non-hydrogen) atoms. The summed E-state index contributed by atoms with van der Waals surface area (Å²) in [5.41, 5.74) is -0.938. The van der Waals surface area contributed by atoms with Gasteiger partial charge in [-0.2, -0.15) is 0 Å². The predicted octanol–water partition coefficient (Wildman–Crippen LogP) is 2.50. The van der Waals surface area contributed by atoms with Crippen molar-refractivity contribution in [3.05, 3.63) is 29.8 Å². The number of nitrogens with one attached hydrogen (secondary N) is 1. The van der Waals surface area contributed by atoms with Crippen molar-refractivity contribution in [2.24, 2.45) is 0 Å². The van der Waals surface area contributed by atoms with E-state index in [0.717, 1.165) is 12.1 Å². The van der Waals surface area contributed by atoms with E-state index in [1.807, 2.05) is 0 Å². The van der Waals surface area contributed by atoms with Gasteiger partial charge < -0.3 is 15.2 Å². The van der Waals surface area contributed by atoms with E-state index < -0.39 is 23.8 Å². The molecule has 1 atom stereocenters. The number of hydrogen-bond acceptors (Lipinski definition) is 3. The van der Waals surface area contributed by atoms with Crippen LogP contribution >= 0.6 is 0 Å². The number of rotatable bonds is 6. The van der Waals surface area contributed by atoms with E-state index in [2.05, 4.69) is 10.1 Å².